The second kappa shape index (κ2) is 9.13. The quantitative estimate of drug-likeness (QED) is 0.466. The van der Waals surface area contributed by atoms with Crippen LogP contribution in [-0.4, -0.2) is 31.6 Å². The molecule has 0 radical (unpaired) electrons. The van der Waals surface area contributed by atoms with Crippen molar-refractivity contribution in [2.24, 2.45) is 5.10 Å². The number of carbonyl (C=O) groups is 1. The number of rotatable bonds is 7. The third kappa shape index (κ3) is 5.53. The lowest BCUT2D eigenvalue weighted by molar-refractivity contribution is -0.120. The van der Waals surface area contributed by atoms with Crippen molar-refractivity contribution in [3.63, 3.8) is 0 Å². The Morgan fingerprint density at radius 1 is 1.12 bits per heavy atom. The number of hydrazone groups is 1. The molecule has 0 aromatic heterocycles. The van der Waals surface area contributed by atoms with Gasteiger partial charge in [0.2, 0.25) is 0 Å². The van der Waals surface area contributed by atoms with Crippen molar-refractivity contribution in [3.05, 3.63) is 53.6 Å². The Bertz CT molecular complexity index is 745. The van der Waals surface area contributed by atoms with E-state index in [1.807, 2.05) is 44.2 Å². The molecular formula is C19H22N2O3S. The topological polar surface area (TPSA) is 59.9 Å². The van der Waals surface area contributed by atoms with Crippen LogP contribution in [0, 0.1) is 6.92 Å². The monoisotopic (exact) mass is 358 g/mol. The summed E-state index contributed by atoms with van der Waals surface area (Å²) >= 11 is 1.50. The average Bonchev–Trinajstić information content (AvgIpc) is 2.63. The molecule has 2 aromatic rings. The van der Waals surface area contributed by atoms with Gasteiger partial charge in [-0.15, -0.1) is 11.8 Å². The first-order chi connectivity index (χ1) is 12.0. The van der Waals surface area contributed by atoms with Crippen LogP contribution in [0.4, 0.5) is 0 Å². The normalized spacial score (nSPS) is 12.0. The van der Waals surface area contributed by atoms with Crippen molar-refractivity contribution >= 4 is 23.9 Å². The van der Waals surface area contributed by atoms with Crippen LogP contribution >= 0.6 is 11.8 Å². The average molecular weight is 358 g/mol. The number of nitrogens with one attached hydrogen (secondary N) is 1. The van der Waals surface area contributed by atoms with Gasteiger partial charge in [-0.2, -0.15) is 5.10 Å². The molecule has 0 aliphatic rings. The van der Waals surface area contributed by atoms with E-state index in [2.05, 4.69) is 10.5 Å². The van der Waals surface area contributed by atoms with E-state index in [0.29, 0.717) is 11.5 Å². The summed E-state index contributed by atoms with van der Waals surface area (Å²) in [5, 5.41) is 3.77. The molecule has 0 unspecified atom stereocenters. The van der Waals surface area contributed by atoms with E-state index in [0.717, 1.165) is 10.5 Å². The van der Waals surface area contributed by atoms with Crippen LogP contribution in [0.25, 0.3) is 0 Å². The molecule has 0 spiro atoms. The van der Waals surface area contributed by atoms with Crippen molar-refractivity contribution in [2.45, 2.75) is 24.0 Å². The van der Waals surface area contributed by atoms with Gasteiger partial charge in [0.05, 0.1) is 25.7 Å². The fraction of sp³-hybridized carbons (Fsp3) is 0.263. The Morgan fingerprint density at radius 3 is 2.44 bits per heavy atom. The molecule has 1 N–H and O–H groups in total. The van der Waals surface area contributed by atoms with Crippen molar-refractivity contribution in [3.8, 4) is 11.5 Å². The Labute approximate surface area is 152 Å². The van der Waals surface area contributed by atoms with E-state index in [1.54, 1.807) is 32.6 Å². The Morgan fingerprint density at radius 2 is 1.80 bits per heavy atom. The van der Waals surface area contributed by atoms with Crippen molar-refractivity contribution in [2.75, 3.05) is 14.2 Å². The molecule has 1 amide bonds. The zero-order valence-corrected chi connectivity index (χ0v) is 15.6. The molecule has 2 aromatic carbocycles. The van der Waals surface area contributed by atoms with Crippen molar-refractivity contribution in [1.82, 2.24) is 5.43 Å². The summed E-state index contributed by atoms with van der Waals surface area (Å²) in [7, 11) is 3.16. The number of benzene rings is 2. The van der Waals surface area contributed by atoms with Crippen molar-refractivity contribution < 1.29 is 14.3 Å². The Balaban J connectivity index is 1.92. The number of amides is 1. The molecular weight excluding hydrogens is 336 g/mol. The smallest absolute Gasteiger partial charge is 0.253 e. The molecule has 0 heterocycles. The fourth-order valence-electron chi connectivity index (χ4n) is 2.07. The molecule has 0 saturated carbocycles. The Kier molecular flexibility index (Phi) is 6.89. The highest BCUT2D eigenvalue weighted by Gasteiger charge is 2.13. The van der Waals surface area contributed by atoms with Gasteiger partial charge in [0.25, 0.3) is 5.91 Å². The van der Waals surface area contributed by atoms with Crippen LogP contribution in [0.5, 0.6) is 11.5 Å². The van der Waals surface area contributed by atoms with Gasteiger partial charge in [-0.3, -0.25) is 4.79 Å². The van der Waals surface area contributed by atoms with Crippen LogP contribution in [0.15, 0.2) is 52.5 Å². The summed E-state index contributed by atoms with van der Waals surface area (Å²) in [5.41, 5.74) is 4.56. The number of aryl methyl sites for hydroxylation is 1. The maximum Gasteiger partial charge on any atom is 0.253 e. The van der Waals surface area contributed by atoms with Crippen LogP contribution in [-0.2, 0) is 4.79 Å². The number of nitrogens with zero attached hydrogens (tertiary/aromatic N) is 1. The van der Waals surface area contributed by atoms with Gasteiger partial charge >= 0.3 is 0 Å². The van der Waals surface area contributed by atoms with Gasteiger partial charge in [0.15, 0.2) is 11.5 Å². The molecule has 0 saturated heterocycles. The molecule has 25 heavy (non-hydrogen) atoms. The highest BCUT2D eigenvalue weighted by molar-refractivity contribution is 8.00. The highest BCUT2D eigenvalue weighted by Crippen LogP contribution is 2.27. The first-order valence-electron chi connectivity index (χ1n) is 7.81. The molecule has 2 rings (SSSR count). The molecule has 5 nitrogen and oxygen atoms in total. The van der Waals surface area contributed by atoms with Gasteiger partial charge in [-0.1, -0.05) is 17.7 Å². The zero-order valence-electron chi connectivity index (χ0n) is 14.8. The number of hydrogen-bond acceptors (Lipinski definition) is 5. The summed E-state index contributed by atoms with van der Waals surface area (Å²) in [4.78, 5) is 13.2. The van der Waals surface area contributed by atoms with Gasteiger partial charge in [-0.25, -0.2) is 5.43 Å². The van der Waals surface area contributed by atoms with Gasteiger partial charge in [0.1, 0.15) is 0 Å². The summed E-state index contributed by atoms with van der Waals surface area (Å²) in [5.74, 6) is 1.11. The molecule has 0 aliphatic heterocycles. The number of carbonyl (C=O) groups excluding carboxylic acids is 1. The first-order valence-corrected chi connectivity index (χ1v) is 8.69. The second-order valence-electron chi connectivity index (χ2n) is 5.42. The van der Waals surface area contributed by atoms with Crippen molar-refractivity contribution in [1.29, 1.82) is 0 Å². The van der Waals surface area contributed by atoms with E-state index in [4.69, 9.17) is 9.47 Å². The van der Waals surface area contributed by atoms with Gasteiger partial charge in [-0.05, 0) is 49.7 Å². The molecule has 132 valence electrons. The molecule has 0 aliphatic carbocycles. The molecule has 1 atom stereocenters. The van der Waals surface area contributed by atoms with E-state index in [1.165, 1.54) is 17.3 Å². The summed E-state index contributed by atoms with van der Waals surface area (Å²) < 4.78 is 10.4. The van der Waals surface area contributed by atoms with E-state index in [9.17, 15) is 4.79 Å². The lowest BCUT2D eigenvalue weighted by atomic mass is 10.2. The molecule has 0 fully saturated rings. The summed E-state index contributed by atoms with van der Waals surface area (Å²) in [6, 6.07) is 13.5. The third-order valence-electron chi connectivity index (χ3n) is 3.50. The SMILES string of the molecule is COc1ccc(/C=N\NC(=O)[C@H](C)Sc2ccc(C)cc2)cc1OC. The number of methoxy groups -OCH3 is 2. The van der Waals surface area contributed by atoms with E-state index in [-0.39, 0.29) is 11.2 Å². The minimum atomic E-state index is -0.245. The summed E-state index contributed by atoms with van der Waals surface area (Å²) in [6.45, 7) is 3.89. The van der Waals surface area contributed by atoms with E-state index < -0.39 is 0 Å². The third-order valence-corrected chi connectivity index (χ3v) is 4.61. The lowest BCUT2D eigenvalue weighted by Gasteiger charge is -2.10. The highest BCUT2D eigenvalue weighted by atomic mass is 32.2. The number of ether oxygens (including phenoxy) is 2. The van der Waals surface area contributed by atoms with Crippen LogP contribution < -0.4 is 14.9 Å². The second-order valence-corrected chi connectivity index (χ2v) is 6.84. The maximum atomic E-state index is 12.1. The maximum absolute atomic E-state index is 12.1. The Hall–Kier alpha value is -2.47. The zero-order chi connectivity index (χ0) is 18.2. The lowest BCUT2D eigenvalue weighted by Crippen LogP contribution is -2.26. The van der Waals surface area contributed by atoms with Crippen LogP contribution in [0.3, 0.4) is 0 Å². The molecule has 6 heteroatoms. The van der Waals surface area contributed by atoms with Gasteiger partial charge in [0, 0.05) is 4.90 Å². The predicted molar refractivity (Wildman–Crippen MR) is 102 cm³/mol. The number of hydrogen-bond donors (Lipinski definition) is 1. The van der Waals surface area contributed by atoms with Crippen LogP contribution in [0.2, 0.25) is 0 Å². The molecule has 0 bridgehead atoms. The minimum absolute atomic E-state index is 0.151. The largest absolute Gasteiger partial charge is 0.493 e. The van der Waals surface area contributed by atoms with Crippen LogP contribution in [0.1, 0.15) is 18.1 Å². The van der Waals surface area contributed by atoms with Gasteiger partial charge < -0.3 is 9.47 Å². The minimum Gasteiger partial charge on any atom is -0.493 e. The number of thioether (sulfide) groups is 1. The fourth-order valence-corrected chi connectivity index (χ4v) is 2.93. The standard InChI is InChI=1S/C19H22N2O3S/c1-13-5-8-16(9-6-13)25-14(2)19(22)21-20-12-15-7-10-17(23-3)18(11-15)24-4/h5-12,14H,1-4H3,(H,21,22)/b20-12-/t14-/m0/s1. The first kappa shape index (κ1) is 18.9. The van der Waals surface area contributed by atoms with E-state index >= 15 is 0 Å². The summed E-state index contributed by atoms with van der Waals surface area (Å²) in [6.07, 6.45) is 1.57. The predicted octanol–water partition coefficient (Wildman–Crippen LogP) is 3.64.